The summed E-state index contributed by atoms with van der Waals surface area (Å²) < 4.78 is 5.71. The first-order valence-electron chi connectivity index (χ1n) is 13.4. The summed E-state index contributed by atoms with van der Waals surface area (Å²) >= 11 is 0. The van der Waals surface area contributed by atoms with Gasteiger partial charge >= 0.3 is 0 Å². The third-order valence-electron chi connectivity index (χ3n) is 9.13. The maximum atomic E-state index is 5.71. The number of aryl methyl sites for hydroxylation is 1. The maximum absolute atomic E-state index is 5.71. The molecule has 4 aliphatic rings. The van der Waals surface area contributed by atoms with Crippen LogP contribution in [0.15, 0.2) is 54.7 Å². The molecule has 6 nitrogen and oxygen atoms in total. The van der Waals surface area contributed by atoms with Crippen molar-refractivity contribution in [3.63, 3.8) is 0 Å². The number of piperidine rings is 1. The van der Waals surface area contributed by atoms with Crippen LogP contribution in [-0.2, 0) is 23.1 Å². The van der Waals surface area contributed by atoms with E-state index < -0.39 is 0 Å². The number of aromatic nitrogens is 2. The highest BCUT2D eigenvalue weighted by Crippen LogP contribution is 2.40. The van der Waals surface area contributed by atoms with E-state index in [-0.39, 0.29) is 5.41 Å². The van der Waals surface area contributed by atoms with Gasteiger partial charge in [0.25, 0.3) is 0 Å². The Morgan fingerprint density at radius 1 is 0.861 bits per heavy atom. The van der Waals surface area contributed by atoms with Crippen LogP contribution in [0.1, 0.15) is 40.8 Å². The van der Waals surface area contributed by atoms with Gasteiger partial charge in [-0.05, 0) is 60.4 Å². The number of nitrogens with zero attached hydrogens (tertiary/aromatic N) is 4. The monoisotopic (exact) mass is 481 g/mol. The zero-order valence-electron chi connectivity index (χ0n) is 21.2. The van der Waals surface area contributed by atoms with Gasteiger partial charge in [-0.2, -0.15) is 0 Å². The topological polar surface area (TPSA) is 53.5 Å². The molecule has 2 aromatic carbocycles. The minimum atomic E-state index is -0.0224. The lowest BCUT2D eigenvalue weighted by molar-refractivity contribution is -0.0379. The Kier molecular flexibility index (Phi) is 5.29. The van der Waals surface area contributed by atoms with Crippen LogP contribution in [0.3, 0.4) is 0 Å². The van der Waals surface area contributed by atoms with Crippen molar-refractivity contribution in [2.24, 2.45) is 5.41 Å². The van der Waals surface area contributed by atoms with Gasteiger partial charge in [0.05, 0.1) is 30.9 Å². The summed E-state index contributed by atoms with van der Waals surface area (Å²) in [6.07, 6.45) is 5.56. The third kappa shape index (κ3) is 3.70. The Labute approximate surface area is 213 Å². The standard InChI is InChI=1S/C30H35N5O/c1-22-2-4-24(5-3-22)30(20-36-21-30)25-6-8-26(9-7-25)35-13-10-23-16-32-28(33-27(23)17-35)34-14-11-29(12-15-34)18-31-19-29/h2-9,16,31H,10-15,17-21H2,1H3. The molecule has 5 heterocycles. The Morgan fingerprint density at radius 2 is 1.56 bits per heavy atom. The van der Waals surface area contributed by atoms with Crippen LogP contribution < -0.4 is 15.1 Å². The highest BCUT2D eigenvalue weighted by molar-refractivity contribution is 5.53. The van der Waals surface area contributed by atoms with Crippen molar-refractivity contribution in [3.8, 4) is 0 Å². The Bertz CT molecular complexity index is 1240. The molecule has 1 spiro atoms. The van der Waals surface area contributed by atoms with Crippen LogP contribution in [0, 0.1) is 12.3 Å². The van der Waals surface area contributed by atoms with Gasteiger partial charge in [0, 0.05) is 44.6 Å². The zero-order valence-corrected chi connectivity index (χ0v) is 21.2. The van der Waals surface area contributed by atoms with Crippen molar-refractivity contribution in [2.75, 3.05) is 55.7 Å². The molecule has 0 aliphatic carbocycles. The summed E-state index contributed by atoms with van der Waals surface area (Å²) in [5, 5.41) is 3.45. The fraction of sp³-hybridized carbons (Fsp3) is 0.467. The average Bonchev–Trinajstić information content (AvgIpc) is 2.88. The summed E-state index contributed by atoms with van der Waals surface area (Å²) in [5.74, 6) is 0.915. The second kappa shape index (κ2) is 8.56. The van der Waals surface area contributed by atoms with E-state index in [9.17, 15) is 0 Å². The van der Waals surface area contributed by atoms with Crippen molar-refractivity contribution in [1.82, 2.24) is 15.3 Å². The number of rotatable bonds is 4. The minimum absolute atomic E-state index is 0.0224. The van der Waals surface area contributed by atoms with Gasteiger partial charge in [0.15, 0.2) is 0 Å². The van der Waals surface area contributed by atoms with Crippen LogP contribution >= 0.6 is 0 Å². The van der Waals surface area contributed by atoms with E-state index in [1.54, 1.807) is 0 Å². The number of ether oxygens (including phenoxy) is 1. The van der Waals surface area contributed by atoms with Crippen LogP contribution in [-0.4, -0.2) is 55.9 Å². The lowest BCUT2D eigenvalue weighted by Gasteiger charge is -2.48. The van der Waals surface area contributed by atoms with Gasteiger partial charge in [-0.1, -0.05) is 42.0 Å². The second-order valence-electron chi connectivity index (χ2n) is 11.4. The lowest BCUT2D eigenvalue weighted by Crippen LogP contribution is -2.58. The Morgan fingerprint density at radius 3 is 2.17 bits per heavy atom. The summed E-state index contributed by atoms with van der Waals surface area (Å²) in [6.45, 7) is 9.98. The number of fused-ring (bicyclic) bond motifs is 1. The van der Waals surface area contributed by atoms with Crippen molar-refractivity contribution in [2.45, 2.75) is 38.1 Å². The van der Waals surface area contributed by atoms with E-state index >= 15 is 0 Å². The molecule has 7 rings (SSSR count). The summed E-state index contributed by atoms with van der Waals surface area (Å²) in [7, 11) is 0. The van der Waals surface area contributed by atoms with Gasteiger partial charge in [0.1, 0.15) is 0 Å². The van der Waals surface area contributed by atoms with Crippen molar-refractivity contribution in [1.29, 1.82) is 0 Å². The molecule has 3 saturated heterocycles. The van der Waals surface area contributed by atoms with E-state index in [0.717, 1.165) is 51.8 Å². The molecule has 3 fully saturated rings. The molecule has 1 aromatic heterocycles. The van der Waals surface area contributed by atoms with Crippen LogP contribution in [0.25, 0.3) is 0 Å². The lowest BCUT2D eigenvalue weighted by atomic mass is 9.73. The molecule has 36 heavy (non-hydrogen) atoms. The second-order valence-corrected chi connectivity index (χ2v) is 11.4. The number of hydrogen-bond acceptors (Lipinski definition) is 6. The molecular weight excluding hydrogens is 446 g/mol. The molecule has 186 valence electrons. The SMILES string of the molecule is Cc1ccc(C2(c3ccc(N4CCc5cnc(N6CCC7(CC6)CNC7)nc5C4)cc3)COC2)cc1. The first kappa shape index (κ1) is 22.3. The Hall–Kier alpha value is -2.96. The quantitative estimate of drug-likeness (QED) is 0.611. The smallest absolute Gasteiger partial charge is 0.225 e. The normalized spacial score (nSPS) is 22.0. The number of anilines is 2. The summed E-state index contributed by atoms with van der Waals surface area (Å²) in [5.41, 5.74) is 8.25. The van der Waals surface area contributed by atoms with Gasteiger partial charge < -0.3 is 19.9 Å². The van der Waals surface area contributed by atoms with Gasteiger partial charge in [-0.3, -0.25) is 0 Å². The highest BCUT2D eigenvalue weighted by atomic mass is 16.5. The molecule has 3 aromatic rings. The predicted molar refractivity (Wildman–Crippen MR) is 143 cm³/mol. The van der Waals surface area contributed by atoms with Crippen LogP contribution in [0.4, 0.5) is 11.6 Å². The van der Waals surface area contributed by atoms with Crippen molar-refractivity contribution in [3.05, 3.63) is 82.7 Å². The molecule has 0 unspecified atom stereocenters. The molecular formula is C30H35N5O. The highest BCUT2D eigenvalue weighted by Gasteiger charge is 2.42. The van der Waals surface area contributed by atoms with E-state index in [2.05, 4.69) is 76.8 Å². The molecule has 0 amide bonds. The van der Waals surface area contributed by atoms with E-state index in [1.165, 1.54) is 59.6 Å². The van der Waals surface area contributed by atoms with Gasteiger partial charge in [0.2, 0.25) is 5.95 Å². The zero-order chi connectivity index (χ0) is 24.2. The first-order chi connectivity index (χ1) is 17.6. The van der Waals surface area contributed by atoms with E-state index in [0.29, 0.717) is 5.41 Å². The molecule has 0 saturated carbocycles. The van der Waals surface area contributed by atoms with Crippen molar-refractivity contribution >= 4 is 11.6 Å². The number of benzene rings is 2. The third-order valence-corrected chi connectivity index (χ3v) is 9.13. The van der Waals surface area contributed by atoms with Crippen LogP contribution in [0.5, 0.6) is 0 Å². The maximum Gasteiger partial charge on any atom is 0.225 e. The first-order valence-corrected chi connectivity index (χ1v) is 13.4. The minimum Gasteiger partial charge on any atom is -0.379 e. The summed E-state index contributed by atoms with van der Waals surface area (Å²) in [6, 6.07) is 18.1. The summed E-state index contributed by atoms with van der Waals surface area (Å²) in [4.78, 5) is 14.7. The molecule has 1 N–H and O–H groups in total. The molecule has 0 radical (unpaired) electrons. The predicted octanol–water partition coefficient (Wildman–Crippen LogP) is 3.85. The Balaban J connectivity index is 1.07. The average molecular weight is 482 g/mol. The number of nitrogens with one attached hydrogen (secondary N) is 1. The molecule has 0 bridgehead atoms. The molecule has 0 atom stereocenters. The van der Waals surface area contributed by atoms with Gasteiger partial charge in [-0.25, -0.2) is 9.97 Å². The fourth-order valence-corrected chi connectivity index (χ4v) is 6.35. The van der Waals surface area contributed by atoms with E-state index in [1.807, 2.05) is 0 Å². The largest absolute Gasteiger partial charge is 0.379 e. The van der Waals surface area contributed by atoms with Crippen molar-refractivity contribution < 1.29 is 4.74 Å². The number of hydrogen-bond donors (Lipinski definition) is 1. The fourth-order valence-electron chi connectivity index (χ4n) is 6.35. The van der Waals surface area contributed by atoms with Gasteiger partial charge in [-0.15, -0.1) is 0 Å². The van der Waals surface area contributed by atoms with Crippen LogP contribution in [0.2, 0.25) is 0 Å². The molecule has 4 aliphatic heterocycles. The molecule has 6 heteroatoms. The van der Waals surface area contributed by atoms with E-state index in [4.69, 9.17) is 14.7 Å².